The summed E-state index contributed by atoms with van der Waals surface area (Å²) in [6.45, 7) is 1.42. The molecule has 2 N–H and O–H groups in total. The third kappa shape index (κ3) is 4.96. The average molecular weight is 529 g/mol. The van der Waals surface area contributed by atoms with E-state index in [9.17, 15) is 40.6 Å². The minimum absolute atomic E-state index is 0.0432. The molecule has 0 spiro atoms. The summed E-state index contributed by atoms with van der Waals surface area (Å²) in [5, 5.41) is 14.6. The molecule has 0 aliphatic carbocycles. The Balaban J connectivity index is 1.99. The standard InChI is InChI=1S/C23H14F7N3O2S/c1-10-17(21(34)35)18(33-19(32-10)20-31-4-5-36-20)15-3-2-14(24)9-16(15)11-6-12(22(25,26)27)8-13(7-11)23(28,29)30/h2-9,18H,1H3,(H,32,33)(H,34,35). The van der Waals surface area contributed by atoms with E-state index in [1.165, 1.54) is 24.5 Å². The highest BCUT2D eigenvalue weighted by atomic mass is 32.1. The lowest BCUT2D eigenvalue weighted by Gasteiger charge is -2.26. The highest BCUT2D eigenvalue weighted by Crippen LogP contribution is 2.42. The van der Waals surface area contributed by atoms with Gasteiger partial charge in [-0.3, -0.25) is 4.99 Å². The SMILES string of the molecule is CC1=C(C(=O)O)C(c2ccc(F)cc2-c2cc(C(F)(F)F)cc(C(F)(F)F)c2)N=C(c2nccs2)N1. The first-order chi connectivity index (χ1) is 16.8. The third-order valence-corrected chi connectivity index (χ3v) is 6.10. The molecule has 1 unspecified atom stereocenters. The van der Waals surface area contributed by atoms with Gasteiger partial charge in [-0.15, -0.1) is 11.3 Å². The van der Waals surface area contributed by atoms with Gasteiger partial charge in [-0.05, 0) is 53.9 Å². The van der Waals surface area contributed by atoms with E-state index in [0.717, 1.165) is 18.2 Å². The number of nitrogens with one attached hydrogen (secondary N) is 1. The molecule has 1 aliphatic heterocycles. The lowest BCUT2D eigenvalue weighted by atomic mass is 9.88. The Kier molecular flexibility index (Phi) is 6.37. The molecule has 0 saturated carbocycles. The van der Waals surface area contributed by atoms with Crippen molar-refractivity contribution in [1.82, 2.24) is 10.3 Å². The van der Waals surface area contributed by atoms with Gasteiger partial charge in [0.1, 0.15) is 11.9 Å². The van der Waals surface area contributed by atoms with Gasteiger partial charge in [0.15, 0.2) is 10.8 Å². The summed E-state index contributed by atoms with van der Waals surface area (Å²) in [5.74, 6) is -2.23. The molecule has 1 atom stereocenters. The summed E-state index contributed by atoms with van der Waals surface area (Å²) >= 11 is 1.17. The van der Waals surface area contributed by atoms with Gasteiger partial charge in [-0.2, -0.15) is 26.3 Å². The van der Waals surface area contributed by atoms with Gasteiger partial charge in [-0.1, -0.05) is 6.07 Å². The van der Waals surface area contributed by atoms with Gasteiger partial charge in [-0.25, -0.2) is 14.2 Å². The monoisotopic (exact) mass is 529 g/mol. The number of benzene rings is 2. The number of carboxylic acid groups (broad SMARTS) is 1. The second-order valence-corrected chi connectivity index (χ2v) is 8.61. The highest BCUT2D eigenvalue weighted by molar-refractivity contribution is 7.11. The second-order valence-electron chi connectivity index (χ2n) is 7.71. The Hall–Kier alpha value is -3.74. The van der Waals surface area contributed by atoms with Crippen LogP contribution >= 0.6 is 11.3 Å². The number of carboxylic acids is 1. The van der Waals surface area contributed by atoms with Crippen molar-refractivity contribution >= 4 is 23.1 Å². The summed E-state index contributed by atoms with van der Waals surface area (Å²) < 4.78 is 95.0. The molecule has 188 valence electrons. The van der Waals surface area contributed by atoms with Crippen LogP contribution in [-0.4, -0.2) is 21.9 Å². The molecule has 4 rings (SSSR count). The van der Waals surface area contributed by atoms with E-state index in [1.54, 1.807) is 5.38 Å². The molecule has 0 bridgehead atoms. The molecule has 0 saturated heterocycles. The zero-order valence-electron chi connectivity index (χ0n) is 18.0. The van der Waals surface area contributed by atoms with Gasteiger partial charge in [0, 0.05) is 17.3 Å². The zero-order chi connectivity index (χ0) is 26.4. The molecular weight excluding hydrogens is 515 g/mol. The molecular formula is C23H14F7N3O2S. The fourth-order valence-electron chi connectivity index (χ4n) is 3.75. The Labute approximate surface area is 202 Å². The number of aliphatic imine (C=N–C) groups is 1. The lowest BCUT2D eigenvalue weighted by Crippen LogP contribution is -2.32. The summed E-state index contributed by atoms with van der Waals surface area (Å²) in [6.07, 6.45) is -8.79. The number of rotatable bonds is 4. The first kappa shape index (κ1) is 25.4. The number of aromatic nitrogens is 1. The Bertz CT molecular complexity index is 1360. The summed E-state index contributed by atoms with van der Waals surface area (Å²) in [5.41, 5.74) is -4.44. The van der Waals surface area contributed by atoms with Crippen LogP contribution in [0.5, 0.6) is 0 Å². The van der Waals surface area contributed by atoms with Crippen molar-refractivity contribution in [2.45, 2.75) is 25.3 Å². The molecule has 13 heteroatoms. The van der Waals surface area contributed by atoms with Gasteiger partial charge in [0.25, 0.3) is 0 Å². The van der Waals surface area contributed by atoms with E-state index >= 15 is 0 Å². The van der Waals surface area contributed by atoms with Crippen LogP contribution in [0.15, 0.2) is 64.2 Å². The van der Waals surface area contributed by atoms with Crippen molar-refractivity contribution in [1.29, 1.82) is 0 Å². The van der Waals surface area contributed by atoms with Crippen molar-refractivity contribution in [2.75, 3.05) is 0 Å². The fraction of sp³-hybridized carbons (Fsp3) is 0.174. The number of hydrogen-bond donors (Lipinski definition) is 2. The predicted molar refractivity (Wildman–Crippen MR) is 117 cm³/mol. The third-order valence-electron chi connectivity index (χ3n) is 5.32. The van der Waals surface area contributed by atoms with Crippen LogP contribution < -0.4 is 5.32 Å². The molecule has 2 heterocycles. The topological polar surface area (TPSA) is 74.6 Å². The van der Waals surface area contributed by atoms with Crippen molar-refractivity contribution in [3.63, 3.8) is 0 Å². The quantitative estimate of drug-likeness (QED) is 0.382. The van der Waals surface area contributed by atoms with Crippen LogP contribution in [0.25, 0.3) is 11.1 Å². The van der Waals surface area contributed by atoms with Crippen molar-refractivity contribution in [2.24, 2.45) is 4.99 Å². The maximum absolute atomic E-state index is 14.3. The molecule has 0 amide bonds. The van der Waals surface area contributed by atoms with Crippen LogP contribution in [0, 0.1) is 5.82 Å². The normalized spacial score (nSPS) is 16.6. The first-order valence-electron chi connectivity index (χ1n) is 10.0. The smallest absolute Gasteiger partial charge is 0.416 e. The second kappa shape index (κ2) is 9.04. The number of halogens is 7. The minimum atomic E-state index is -5.13. The molecule has 5 nitrogen and oxygen atoms in total. The average Bonchev–Trinajstić information content (AvgIpc) is 3.32. The lowest BCUT2D eigenvalue weighted by molar-refractivity contribution is -0.143. The fourth-order valence-corrected chi connectivity index (χ4v) is 4.34. The molecule has 36 heavy (non-hydrogen) atoms. The number of thiazole rings is 1. The largest absolute Gasteiger partial charge is 0.478 e. The Morgan fingerprint density at radius 1 is 1.03 bits per heavy atom. The van der Waals surface area contributed by atoms with Gasteiger partial charge in [0.05, 0.1) is 16.7 Å². The van der Waals surface area contributed by atoms with Crippen LogP contribution in [-0.2, 0) is 17.1 Å². The minimum Gasteiger partial charge on any atom is -0.478 e. The number of allylic oxidation sites excluding steroid dienone is 1. The van der Waals surface area contributed by atoms with Crippen LogP contribution in [0.1, 0.15) is 34.7 Å². The number of alkyl halides is 6. The van der Waals surface area contributed by atoms with E-state index in [-0.39, 0.29) is 34.3 Å². The summed E-state index contributed by atoms with van der Waals surface area (Å²) in [6, 6.07) is 2.24. The molecule has 3 aromatic rings. The van der Waals surface area contributed by atoms with Crippen molar-refractivity contribution in [3.05, 3.63) is 86.8 Å². The van der Waals surface area contributed by atoms with E-state index in [2.05, 4.69) is 15.3 Å². The van der Waals surface area contributed by atoms with Crippen LogP contribution in [0.3, 0.4) is 0 Å². The highest BCUT2D eigenvalue weighted by Gasteiger charge is 2.38. The van der Waals surface area contributed by atoms with Crippen LogP contribution in [0.2, 0.25) is 0 Å². The molecule has 1 aliphatic rings. The number of amidine groups is 1. The molecule has 1 aromatic heterocycles. The maximum Gasteiger partial charge on any atom is 0.416 e. The van der Waals surface area contributed by atoms with Crippen LogP contribution in [0.4, 0.5) is 30.7 Å². The summed E-state index contributed by atoms with van der Waals surface area (Å²) in [4.78, 5) is 20.5. The zero-order valence-corrected chi connectivity index (χ0v) is 18.8. The number of carbonyl (C=O) groups is 1. The Morgan fingerprint density at radius 3 is 2.19 bits per heavy atom. The molecule has 0 radical (unpaired) electrons. The number of hydrogen-bond acceptors (Lipinski definition) is 5. The van der Waals surface area contributed by atoms with E-state index in [0.29, 0.717) is 17.1 Å². The van der Waals surface area contributed by atoms with E-state index in [4.69, 9.17) is 0 Å². The Morgan fingerprint density at radius 2 is 1.67 bits per heavy atom. The number of nitrogens with zero attached hydrogens (tertiary/aromatic N) is 2. The number of aliphatic carboxylic acids is 1. The first-order valence-corrected chi connectivity index (χ1v) is 10.9. The van der Waals surface area contributed by atoms with Gasteiger partial charge < -0.3 is 10.4 Å². The van der Waals surface area contributed by atoms with Crippen molar-refractivity contribution in [3.8, 4) is 11.1 Å². The predicted octanol–water partition coefficient (Wildman–Crippen LogP) is 6.44. The van der Waals surface area contributed by atoms with E-state index < -0.39 is 46.9 Å². The van der Waals surface area contributed by atoms with Crippen molar-refractivity contribution < 1.29 is 40.6 Å². The maximum atomic E-state index is 14.3. The van der Waals surface area contributed by atoms with Gasteiger partial charge in [0.2, 0.25) is 0 Å². The molecule has 0 fully saturated rings. The molecule has 2 aromatic carbocycles. The van der Waals surface area contributed by atoms with E-state index in [1.807, 2.05) is 0 Å². The summed E-state index contributed by atoms with van der Waals surface area (Å²) in [7, 11) is 0. The van der Waals surface area contributed by atoms with Gasteiger partial charge >= 0.3 is 18.3 Å².